The molecule has 11 heteroatoms. The van der Waals surface area contributed by atoms with Crippen molar-refractivity contribution in [2.75, 3.05) is 0 Å². The Hall–Kier alpha value is -2.33. The standard InChI is InChI=1S/C18H10F11/c1-8-5-9(2)14(11-7-10(16(21,22)23)3-4-13(11)19)12(6-8)15(20,17(24,25)26)18(27,28)29/h3-4,6-7H,1-2H3. The van der Waals surface area contributed by atoms with Gasteiger partial charge >= 0.3 is 24.2 Å². The molecule has 0 saturated heterocycles. The summed E-state index contributed by atoms with van der Waals surface area (Å²) in [7, 11) is 0. The molecule has 0 aliphatic rings. The molecule has 29 heavy (non-hydrogen) atoms. The first-order valence-electron chi connectivity index (χ1n) is 7.64. The van der Waals surface area contributed by atoms with Crippen molar-refractivity contribution in [3.8, 4) is 11.1 Å². The molecule has 0 aromatic heterocycles. The molecule has 0 aliphatic carbocycles. The molecule has 0 spiro atoms. The number of rotatable bonds is 2. The fourth-order valence-electron chi connectivity index (χ4n) is 2.86. The lowest BCUT2D eigenvalue weighted by Gasteiger charge is -2.33. The first-order valence-corrected chi connectivity index (χ1v) is 7.64. The van der Waals surface area contributed by atoms with Crippen LogP contribution in [0, 0.1) is 25.7 Å². The molecule has 159 valence electrons. The highest BCUT2D eigenvalue weighted by Crippen LogP contribution is 2.56. The topological polar surface area (TPSA) is 0 Å². The Balaban J connectivity index is 3.01. The Bertz CT molecular complexity index is 903. The smallest absolute Gasteiger partial charge is 0.218 e. The second-order valence-electron chi connectivity index (χ2n) is 6.21. The number of halogens is 11. The van der Waals surface area contributed by atoms with Crippen LogP contribution in [0.3, 0.4) is 0 Å². The third kappa shape index (κ3) is 3.91. The summed E-state index contributed by atoms with van der Waals surface area (Å²) < 4.78 is 147. The first kappa shape index (κ1) is 23.0. The van der Waals surface area contributed by atoms with Gasteiger partial charge in [-0.2, -0.15) is 39.5 Å². The Morgan fingerprint density at radius 2 is 1.28 bits per heavy atom. The highest BCUT2D eigenvalue weighted by atomic mass is 19.4. The van der Waals surface area contributed by atoms with Gasteiger partial charge in [0.2, 0.25) is 0 Å². The molecule has 0 fully saturated rings. The summed E-state index contributed by atoms with van der Waals surface area (Å²) in [4.78, 5) is 0. The average molecular weight is 435 g/mol. The van der Waals surface area contributed by atoms with Gasteiger partial charge in [-0.15, -0.1) is 0 Å². The van der Waals surface area contributed by atoms with E-state index in [1.807, 2.05) is 0 Å². The van der Waals surface area contributed by atoms with Crippen LogP contribution in [-0.2, 0) is 11.8 Å². The van der Waals surface area contributed by atoms with E-state index in [-0.39, 0.29) is 29.8 Å². The van der Waals surface area contributed by atoms with E-state index in [0.29, 0.717) is 0 Å². The summed E-state index contributed by atoms with van der Waals surface area (Å²) in [5, 5.41) is 0. The van der Waals surface area contributed by atoms with Gasteiger partial charge in [-0.3, -0.25) is 0 Å². The Labute approximate surface area is 156 Å². The lowest BCUT2D eigenvalue weighted by molar-refractivity contribution is -0.348. The van der Waals surface area contributed by atoms with Crippen LogP contribution in [-0.4, -0.2) is 12.4 Å². The Morgan fingerprint density at radius 1 is 0.759 bits per heavy atom. The van der Waals surface area contributed by atoms with E-state index in [9.17, 15) is 48.3 Å². The van der Waals surface area contributed by atoms with Gasteiger partial charge in [-0.1, -0.05) is 6.07 Å². The summed E-state index contributed by atoms with van der Waals surface area (Å²) in [5.41, 5.74) is -13.1. The van der Waals surface area contributed by atoms with Crippen molar-refractivity contribution in [3.63, 3.8) is 0 Å². The van der Waals surface area contributed by atoms with Gasteiger partial charge in [0.05, 0.1) is 5.56 Å². The van der Waals surface area contributed by atoms with Crippen LogP contribution in [0.15, 0.2) is 24.3 Å². The van der Waals surface area contributed by atoms with Gasteiger partial charge in [-0.25, -0.2) is 8.78 Å². The molecule has 2 aromatic carbocycles. The van der Waals surface area contributed by atoms with Crippen molar-refractivity contribution in [1.29, 1.82) is 0 Å². The number of hydrogen-bond donors (Lipinski definition) is 0. The maximum absolute atomic E-state index is 14.7. The molecule has 0 heterocycles. The molecule has 0 N–H and O–H groups in total. The molecule has 0 bridgehead atoms. The second kappa shape index (κ2) is 6.88. The molecule has 2 rings (SSSR count). The fraction of sp³-hybridized carbons (Fsp3) is 0.333. The number of aryl methyl sites for hydroxylation is 2. The van der Waals surface area contributed by atoms with Gasteiger partial charge < -0.3 is 0 Å². The van der Waals surface area contributed by atoms with Crippen molar-refractivity contribution < 1.29 is 48.3 Å². The second-order valence-corrected chi connectivity index (χ2v) is 6.21. The highest BCUT2D eigenvalue weighted by Gasteiger charge is 2.74. The van der Waals surface area contributed by atoms with Crippen molar-refractivity contribution in [3.05, 3.63) is 58.4 Å². The molecule has 0 nitrogen and oxygen atoms in total. The normalized spacial score (nSPS) is 13.7. The van der Waals surface area contributed by atoms with Crippen LogP contribution in [0.4, 0.5) is 48.3 Å². The number of hydrogen-bond acceptors (Lipinski definition) is 0. The molecule has 0 atom stereocenters. The third-order valence-corrected chi connectivity index (χ3v) is 4.11. The van der Waals surface area contributed by atoms with Crippen molar-refractivity contribution in [1.82, 2.24) is 0 Å². The van der Waals surface area contributed by atoms with Crippen molar-refractivity contribution in [2.45, 2.75) is 38.0 Å². The van der Waals surface area contributed by atoms with Gasteiger partial charge in [-0.05, 0) is 54.8 Å². The maximum atomic E-state index is 14.7. The van der Waals surface area contributed by atoms with Crippen LogP contribution in [0.1, 0.15) is 22.3 Å². The zero-order valence-electron chi connectivity index (χ0n) is 14.5. The molecule has 2 aromatic rings. The SMILES string of the molecule is Cc1[c]c(C)c(-c2cc(C(F)(F)F)ccc2F)c(C(F)(C(F)(F)F)C(F)(F)F)c1. The first-order chi connectivity index (χ1) is 12.9. The average Bonchev–Trinajstić information content (AvgIpc) is 2.51. The minimum absolute atomic E-state index is 0.0253. The summed E-state index contributed by atoms with van der Waals surface area (Å²) >= 11 is 0. The van der Waals surface area contributed by atoms with Crippen molar-refractivity contribution in [2.24, 2.45) is 0 Å². The fourth-order valence-corrected chi connectivity index (χ4v) is 2.86. The van der Waals surface area contributed by atoms with Gasteiger partial charge in [0, 0.05) is 11.1 Å². The van der Waals surface area contributed by atoms with Crippen molar-refractivity contribution >= 4 is 0 Å². The zero-order chi connectivity index (χ0) is 22.6. The predicted molar refractivity (Wildman–Crippen MR) is 80.0 cm³/mol. The monoisotopic (exact) mass is 435 g/mol. The largest absolute Gasteiger partial charge is 0.435 e. The molecule has 1 radical (unpaired) electrons. The van der Waals surface area contributed by atoms with Gasteiger partial charge in [0.1, 0.15) is 5.82 Å². The highest BCUT2D eigenvalue weighted by molar-refractivity contribution is 5.74. The number of benzene rings is 2. The summed E-state index contributed by atoms with van der Waals surface area (Å²) in [6, 6.07) is 2.93. The lowest BCUT2D eigenvalue weighted by atomic mass is 9.83. The third-order valence-electron chi connectivity index (χ3n) is 4.11. The quantitative estimate of drug-likeness (QED) is 0.437. The minimum atomic E-state index is -6.53. The van der Waals surface area contributed by atoms with Gasteiger partial charge in [0.25, 0.3) is 0 Å². The molecule has 0 amide bonds. The van der Waals surface area contributed by atoms with Crippen LogP contribution >= 0.6 is 0 Å². The van der Waals surface area contributed by atoms with Crippen LogP contribution in [0.2, 0.25) is 0 Å². The maximum Gasteiger partial charge on any atom is 0.435 e. The minimum Gasteiger partial charge on any atom is -0.218 e. The molecular formula is C18H10F11. The zero-order valence-corrected chi connectivity index (χ0v) is 14.5. The molecule has 0 aliphatic heterocycles. The van der Waals surface area contributed by atoms with Crippen LogP contribution in [0.25, 0.3) is 11.1 Å². The van der Waals surface area contributed by atoms with E-state index in [2.05, 4.69) is 6.07 Å². The molecule has 0 saturated carbocycles. The van der Waals surface area contributed by atoms with Gasteiger partial charge in [0.15, 0.2) is 0 Å². The van der Waals surface area contributed by atoms with Crippen LogP contribution in [0.5, 0.6) is 0 Å². The van der Waals surface area contributed by atoms with Crippen LogP contribution < -0.4 is 0 Å². The van der Waals surface area contributed by atoms with E-state index in [1.165, 1.54) is 0 Å². The summed E-state index contributed by atoms with van der Waals surface area (Å²) in [6.07, 6.45) is -18.1. The van der Waals surface area contributed by atoms with E-state index >= 15 is 0 Å². The Morgan fingerprint density at radius 3 is 1.72 bits per heavy atom. The lowest BCUT2D eigenvalue weighted by Crippen LogP contribution is -2.50. The summed E-state index contributed by atoms with van der Waals surface area (Å²) in [6.45, 7) is 1.90. The molecule has 0 unspecified atom stereocenters. The molecular weight excluding hydrogens is 425 g/mol. The number of alkyl halides is 10. The van der Waals surface area contributed by atoms with E-state index < -0.39 is 57.8 Å². The van der Waals surface area contributed by atoms with E-state index in [4.69, 9.17) is 0 Å². The van der Waals surface area contributed by atoms with E-state index in [1.54, 1.807) is 0 Å². The Kier molecular flexibility index (Phi) is 5.44. The predicted octanol–water partition coefficient (Wildman–Crippen LogP) is 7.22. The van der Waals surface area contributed by atoms with E-state index in [0.717, 1.165) is 13.8 Å². The summed E-state index contributed by atoms with van der Waals surface area (Å²) in [5.74, 6) is -1.56.